The van der Waals surface area contributed by atoms with E-state index in [1.807, 2.05) is 0 Å². The quantitative estimate of drug-likeness (QED) is 0.667. The molecule has 0 rings (SSSR count). The van der Waals surface area contributed by atoms with Gasteiger partial charge in [-0.05, 0) is 20.8 Å². The third-order valence-corrected chi connectivity index (χ3v) is 1.05. The summed E-state index contributed by atoms with van der Waals surface area (Å²) in [4.78, 5) is 22.3. The predicted octanol–water partition coefficient (Wildman–Crippen LogP) is 2.47. The number of carbonyl (C=O) groups is 2. The van der Waals surface area contributed by atoms with Gasteiger partial charge in [0.25, 0.3) is 0 Å². The summed E-state index contributed by atoms with van der Waals surface area (Å²) in [6.07, 6.45) is 1.43. The fraction of sp³-hybridized carbons (Fsp3) is 0.818. The van der Waals surface area contributed by atoms with Crippen molar-refractivity contribution in [3.8, 4) is 0 Å². The number of rotatable bonds is 2. The third-order valence-electron chi connectivity index (χ3n) is 1.05. The van der Waals surface area contributed by atoms with Crippen molar-refractivity contribution in [3.63, 3.8) is 0 Å². The van der Waals surface area contributed by atoms with Crippen molar-refractivity contribution in [2.75, 3.05) is 13.6 Å². The predicted molar refractivity (Wildman–Crippen MR) is 60.9 cm³/mol. The Morgan fingerprint density at radius 2 is 1.73 bits per heavy atom. The van der Waals surface area contributed by atoms with Crippen LogP contribution in [0.25, 0.3) is 0 Å². The lowest BCUT2D eigenvalue weighted by Crippen LogP contribution is -2.35. The minimum Gasteiger partial charge on any atom is -0.444 e. The summed E-state index contributed by atoms with van der Waals surface area (Å²) in [7, 11) is 1.52. The number of likely N-dealkylation sites (N-methyl/N-ethyl adjacent to an activating group) is 1. The van der Waals surface area contributed by atoms with Crippen LogP contribution in [-0.4, -0.2) is 36.5 Å². The third kappa shape index (κ3) is 12.9. The molecule has 0 saturated heterocycles. The fourth-order valence-corrected chi connectivity index (χ4v) is 0.526. The first-order chi connectivity index (χ1) is 6.78. The Morgan fingerprint density at radius 3 is 2.00 bits per heavy atom. The Morgan fingerprint density at radius 1 is 1.33 bits per heavy atom. The number of hydrogen-bond donors (Lipinski definition) is 0. The van der Waals surface area contributed by atoms with E-state index >= 15 is 0 Å². The van der Waals surface area contributed by atoms with Crippen LogP contribution in [0.4, 0.5) is 4.79 Å². The van der Waals surface area contributed by atoms with Crippen molar-refractivity contribution in [2.24, 2.45) is 0 Å². The summed E-state index contributed by atoms with van der Waals surface area (Å²) in [5, 5.41) is 0. The van der Waals surface area contributed by atoms with Crippen LogP contribution in [0.2, 0.25) is 0 Å². The lowest BCUT2D eigenvalue weighted by atomic mass is 10.2. The molecule has 0 radical (unpaired) electrons. The number of nitrogens with zero attached hydrogens (tertiary/aromatic N) is 1. The van der Waals surface area contributed by atoms with Gasteiger partial charge in [0.1, 0.15) is 11.9 Å². The average molecular weight is 217 g/mol. The molecule has 0 unspecified atom stereocenters. The summed E-state index contributed by atoms with van der Waals surface area (Å²) < 4.78 is 4.98. The lowest BCUT2D eigenvalue weighted by Gasteiger charge is -2.23. The van der Waals surface area contributed by atoms with Crippen LogP contribution >= 0.6 is 0 Å². The Kier molecular flexibility index (Phi) is 9.02. The molecule has 0 aromatic carbocycles. The highest BCUT2D eigenvalue weighted by Crippen LogP contribution is 2.08. The zero-order valence-electron chi connectivity index (χ0n) is 10.7. The molecule has 0 aliphatic heterocycles. The Balaban J connectivity index is 0. The van der Waals surface area contributed by atoms with Crippen molar-refractivity contribution < 1.29 is 14.3 Å². The number of aldehydes is 1. The van der Waals surface area contributed by atoms with Gasteiger partial charge < -0.3 is 14.4 Å². The van der Waals surface area contributed by atoms with E-state index < -0.39 is 11.7 Å². The first kappa shape index (κ1) is 16.4. The number of amides is 1. The molecule has 0 aromatic heterocycles. The van der Waals surface area contributed by atoms with E-state index in [4.69, 9.17) is 4.74 Å². The molecule has 0 atom stereocenters. The minimum atomic E-state index is -0.506. The van der Waals surface area contributed by atoms with Crippen LogP contribution in [0, 0.1) is 0 Å². The molecule has 0 aromatic rings. The molecule has 0 saturated carbocycles. The smallest absolute Gasteiger partial charge is 0.410 e. The summed E-state index contributed by atoms with van der Waals surface area (Å²) in [5.41, 5.74) is -0.506. The molecule has 0 fully saturated rings. The van der Waals surface area contributed by atoms with Gasteiger partial charge in [0.15, 0.2) is 0 Å². The highest BCUT2D eigenvalue weighted by atomic mass is 16.6. The average Bonchev–Trinajstić information content (AvgIpc) is 2.02. The molecule has 4 nitrogen and oxygen atoms in total. The highest BCUT2D eigenvalue weighted by Gasteiger charge is 2.18. The van der Waals surface area contributed by atoms with Gasteiger partial charge in [0, 0.05) is 7.05 Å². The van der Waals surface area contributed by atoms with Crippen molar-refractivity contribution in [1.29, 1.82) is 0 Å². The monoisotopic (exact) mass is 217 g/mol. The van der Waals surface area contributed by atoms with Crippen molar-refractivity contribution in [1.82, 2.24) is 4.90 Å². The molecule has 0 heterocycles. The van der Waals surface area contributed by atoms with Gasteiger partial charge in [-0.15, -0.1) is 0 Å². The van der Waals surface area contributed by atoms with Gasteiger partial charge in [-0.3, -0.25) is 0 Å². The molecule has 15 heavy (non-hydrogen) atoms. The van der Waals surface area contributed by atoms with Crippen molar-refractivity contribution in [2.45, 2.75) is 46.6 Å². The fourth-order valence-electron chi connectivity index (χ4n) is 0.526. The summed E-state index contributed by atoms with van der Waals surface area (Å²) in [6, 6.07) is 0. The second-order valence-corrected chi connectivity index (χ2v) is 4.23. The minimum absolute atomic E-state index is 0.0644. The SMILES string of the molecule is CCC.CN(CC=O)C(=O)OC(C)(C)C. The van der Waals surface area contributed by atoms with E-state index in [-0.39, 0.29) is 6.54 Å². The molecule has 90 valence electrons. The largest absolute Gasteiger partial charge is 0.444 e. The van der Waals surface area contributed by atoms with E-state index in [2.05, 4.69) is 13.8 Å². The summed E-state index contributed by atoms with van der Waals surface area (Å²) >= 11 is 0. The topological polar surface area (TPSA) is 46.6 Å². The first-order valence-electron chi connectivity index (χ1n) is 5.16. The van der Waals surface area contributed by atoms with E-state index in [1.165, 1.54) is 18.4 Å². The Labute approximate surface area is 92.6 Å². The van der Waals surface area contributed by atoms with Crippen LogP contribution in [0.1, 0.15) is 41.0 Å². The van der Waals surface area contributed by atoms with E-state index in [9.17, 15) is 9.59 Å². The molecule has 0 aliphatic carbocycles. The van der Waals surface area contributed by atoms with Crippen LogP contribution in [0.5, 0.6) is 0 Å². The molecule has 0 spiro atoms. The maximum Gasteiger partial charge on any atom is 0.410 e. The molecular formula is C11H23NO3. The van der Waals surface area contributed by atoms with Gasteiger partial charge in [-0.2, -0.15) is 0 Å². The molecular weight excluding hydrogens is 194 g/mol. The molecule has 4 heteroatoms. The lowest BCUT2D eigenvalue weighted by molar-refractivity contribution is -0.108. The zero-order valence-corrected chi connectivity index (χ0v) is 10.7. The maximum absolute atomic E-state index is 11.1. The van der Waals surface area contributed by atoms with Gasteiger partial charge in [-0.25, -0.2) is 4.79 Å². The van der Waals surface area contributed by atoms with Crippen LogP contribution in [-0.2, 0) is 9.53 Å². The van der Waals surface area contributed by atoms with Gasteiger partial charge in [-0.1, -0.05) is 20.3 Å². The standard InChI is InChI=1S/C8H15NO3.C3H8/c1-8(2,3)12-7(11)9(4)5-6-10;1-3-2/h6H,5H2,1-4H3;3H2,1-2H3. The Bertz CT molecular complexity index is 185. The second kappa shape index (κ2) is 8.26. The van der Waals surface area contributed by atoms with Crippen LogP contribution < -0.4 is 0 Å². The van der Waals surface area contributed by atoms with E-state index in [1.54, 1.807) is 20.8 Å². The zero-order chi connectivity index (χ0) is 12.5. The number of hydrogen-bond acceptors (Lipinski definition) is 3. The van der Waals surface area contributed by atoms with Crippen molar-refractivity contribution in [3.05, 3.63) is 0 Å². The van der Waals surface area contributed by atoms with Crippen LogP contribution in [0.15, 0.2) is 0 Å². The van der Waals surface area contributed by atoms with Gasteiger partial charge in [0.05, 0.1) is 6.54 Å². The van der Waals surface area contributed by atoms with Crippen molar-refractivity contribution >= 4 is 12.4 Å². The first-order valence-corrected chi connectivity index (χ1v) is 5.16. The van der Waals surface area contributed by atoms with Gasteiger partial charge in [0.2, 0.25) is 0 Å². The van der Waals surface area contributed by atoms with E-state index in [0.29, 0.717) is 6.29 Å². The normalized spacial score (nSPS) is 9.73. The molecule has 0 aliphatic rings. The highest BCUT2D eigenvalue weighted by molar-refractivity contribution is 5.71. The van der Waals surface area contributed by atoms with Crippen LogP contribution in [0.3, 0.4) is 0 Å². The summed E-state index contributed by atoms with van der Waals surface area (Å²) in [6.45, 7) is 9.65. The maximum atomic E-state index is 11.1. The Hall–Kier alpha value is -1.06. The second-order valence-electron chi connectivity index (χ2n) is 4.23. The van der Waals surface area contributed by atoms with E-state index in [0.717, 1.165) is 0 Å². The molecule has 0 bridgehead atoms. The summed E-state index contributed by atoms with van der Waals surface area (Å²) in [5.74, 6) is 0. The van der Waals surface area contributed by atoms with Gasteiger partial charge >= 0.3 is 6.09 Å². The molecule has 1 amide bonds. The number of ether oxygens (including phenoxy) is 1. The molecule has 0 N–H and O–H groups in total. The number of carbonyl (C=O) groups excluding carboxylic acids is 2.